The first-order valence-electron chi connectivity index (χ1n) is 7.71. The van der Waals surface area contributed by atoms with Gasteiger partial charge >= 0.3 is 0 Å². The van der Waals surface area contributed by atoms with Crippen LogP contribution < -0.4 is 10.6 Å². The van der Waals surface area contributed by atoms with Crippen LogP contribution in [0.4, 0.5) is 0 Å². The maximum absolute atomic E-state index is 12.4. The van der Waals surface area contributed by atoms with Crippen LogP contribution in [0.5, 0.6) is 0 Å². The zero-order chi connectivity index (χ0) is 16.2. The van der Waals surface area contributed by atoms with Crippen LogP contribution in [-0.2, 0) is 9.84 Å². The molecule has 0 aliphatic carbocycles. The fraction of sp³-hybridized carbons (Fsp3) is 0.438. The molecule has 2 aliphatic rings. The van der Waals surface area contributed by atoms with Gasteiger partial charge in [-0.25, -0.2) is 8.42 Å². The summed E-state index contributed by atoms with van der Waals surface area (Å²) >= 11 is 0. The molecule has 23 heavy (non-hydrogen) atoms. The van der Waals surface area contributed by atoms with Crippen molar-refractivity contribution in [2.75, 3.05) is 6.26 Å². The smallest absolute Gasteiger partial charge is 0.251 e. The summed E-state index contributed by atoms with van der Waals surface area (Å²) < 4.78 is 28.4. The van der Waals surface area contributed by atoms with Gasteiger partial charge in [0.25, 0.3) is 5.91 Å². The highest BCUT2D eigenvalue weighted by Gasteiger charge is 2.39. The Morgan fingerprint density at radius 1 is 1.30 bits per heavy atom. The summed E-state index contributed by atoms with van der Waals surface area (Å²) in [4.78, 5) is 12.4. The summed E-state index contributed by atoms with van der Waals surface area (Å²) in [6.07, 6.45) is 4.36. The summed E-state index contributed by atoms with van der Waals surface area (Å²) in [6.45, 7) is 0. The summed E-state index contributed by atoms with van der Waals surface area (Å²) in [5.74, 6) is -0.131. The summed E-state index contributed by atoms with van der Waals surface area (Å²) in [5, 5.41) is 7.10. The van der Waals surface area contributed by atoms with Crippen molar-refractivity contribution < 1.29 is 17.6 Å². The molecule has 2 fully saturated rings. The maximum atomic E-state index is 12.4. The Morgan fingerprint density at radius 3 is 2.78 bits per heavy atom. The first kappa shape index (κ1) is 14.7. The van der Waals surface area contributed by atoms with E-state index in [1.165, 1.54) is 12.5 Å². The molecular formula is C16H18N2O4S. The normalized spacial score (nSPS) is 26.7. The largest absolute Gasteiger partial charge is 0.445 e. The number of furan rings is 1. The zero-order valence-electron chi connectivity index (χ0n) is 12.7. The van der Waals surface area contributed by atoms with Crippen LogP contribution in [0.25, 0.3) is 11.0 Å². The van der Waals surface area contributed by atoms with Crippen LogP contribution in [0.2, 0.25) is 0 Å². The molecule has 1 aromatic heterocycles. The van der Waals surface area contributed by atoms with Crippen molar-refractivity contribution in [2.24, 2.45) is 0 Å². The van der Waals surface area contributed by atoms with E-state index in [4.69, 9.17) is 4.42 Å². The highest BCUT2D eigenvalue weighted by atomic mass is 32.2. The first-order valence-corrected chi connectivity index (χ1v) is 9.60. The summed E-state index contributed by atoms with van der Waals surface area (Å²) in [7, 11) is -3.40. The van der Waals surface area contributed by atoms with Gasteiger partial charge in [0.2, 0.25) is 14.9 Å². The molecule has 2 aromatic rings. The van der Waals surface area contributed by atoms with Crippen molar-refractivity contribution in [1.82, 2.24) is 10.6 Å². The first-order chi connectivity index (χ1) is 10.9. The van der Waals surface area contributed by atoms with Crippen LogP contribution in [0.15, 0.2) is 33.8 Å². The van der Waals surface area contributed by atoms with Gasteiger partial charge in [0, 0.05) is 41.4 Å². The van der Waals surface area contributed by atoms with Crippen molar-refractivity contribution in [3.8, 4) is 0 Å². The molecule has 0 saturated carbocycles. The number of fused-ring (bicyclic) bond motifs is 3. The minimum atomic E-state index is -3.40. The van der Waals surface area contributed by atoms with E-state index in [2.05, 4.69) is 10.6 Å². The molecule has 0 spiro atoms. The zero-order valence-corrected chi connectivity index (χ0v) is 13.5. The van der Waals surface area contributed by atoms with Crippen molar-refractivity contribution in [3.05, 3.63) is 29.8 Å². The SMILES string of the molecule is CS(=O)(=O)c1cc2cc(C(=O)N[C@@H]3C[C@H]4CC[C@@H]3N4)ccc2o1. The Morgan fingerprint density at radius 2 is 2.13 bits per heavy atom. The highest BCUT2D eigenvalue weighted by molar-refractivity contribution is 7.90. The number of amides is 1. The van der Waals surface area contributed by atoms with Gasteiger partial charge in [-0.3, -0.25) is 4.79 Å². The number of carbonyl (C=O) groups excluding carboxylic acids is 1. The van der Waals surface area contributed by atoms with E-state index in [9.17, 15) is 13.2 Å². The monoisotopic (exact) mass is 334 g/mol. The lowest BCUT2D eigenvalue weighted by atomic mass is 9.95. The second-order valence-corrected chi connectivity index (χ2v) is 8.40. The predicted molar refractivity (Wildman–Crippen MR) is 85.1 cm³/mol. The Kier molecular flexibility index (Phi) is 3.24. The molecule has 2 N–H and O–H groups in total. The average Bonchev–Trinajstić information content (AvgIpc) is 3.20. The average molecular weight is 334 g/mol. The molecule has 2 aliphatic heterocycles. The van der Waals surface area contributed by atoms with E-state index in [0.29, 0.717) is 28.6 Å². The molecule has 3 atom stereocenters. The standard InChI is InChI=1S/C16H18N2O4S/c1-23(20,21)15-7-10-6-9(2-5-14(10)22-15)16(19)18-13-8-11-3-4-12(13)17-11/h2,5-7,11-13,17H,3-4,8H2,1H3,(H,18,19)/t11-,12+,13-/m1/s1. The predicted octanol–water partition coefficient (Wildman–Crippen LogP) is 1.46. The minimum absolute atomic E-state index is 0.0811. The van der Waals surface area contributed by atoms with Crippen LogP contribution in [-0.4, -0.2) is 38.7 Å². The maximum Gasteiger partial charge on any atom is 0.251 e. The van der Waals surface area contributed by atoms with Gasteiger partial charge in [0.1, 0.15) is 5.58 Å². The van der Waals surface area contributed by atoms with E-state index in [1.54, 1.807) is 18.2 Å². The Hall–Kier alpha value is -1.86. The molecule has 122 valence electrons. The fourth-order valence-electron chi connectivity index (χ4n) is 3.58. The number of nitrogens with one attached hydrogen (secondary N) is 2. The van der Waals surface area contributed by atoms with E-state index < -0.39 is 9.84 Å². The van der Waals surface area contributed by atoms with Gasteiger partial charge < -0.3 is 15.1 Å². The lowest BCUT2D eigenvalue weighted by Gasteiger charge is -2.21. The third kappa shape index (κ3) is 2.64. The summed E-state index contributed by atoms with van der Waals surface area (Å²) in [6, 6.07) is 7.50. The highest BCUT2D eigenvalue weighted by Crippen LogP contribution is 2.29. The number of carbonyl (C=O) groups is 1. The Balaban J connectivity index is 1.57. The van der Waals surface area contributed by atoms with Gasteiger partial charge in [0.05, 0.1) is 0 Å². The van der Waals surface area contributed by atoms with E-state index in [0.717, 1.165) is 19.1 Å². The number of benzene rings is 1. The van der Waals surface area contributed by atoms with Gasteiger partial charge in [-0.15, -0.1) is 0 Å². The Bertz CT molecular complexity index is 887. The molecule has 2 saturated heterocycles. The molecule has 0 radical (unpaired) electrons. The van der Waals surface area contributed by atoms with Gasteiger partial charge in [-0.05, 0) is 37.5 Å². The minimum Gasteiger partial charge on any atom is -0.445 e. The number of hydrogen-bond acceptors (Lipinski definition) is 5. The third-order valence-corrected chi connectivity index (χ3v) is 5.67. The van der Waals surface area contributed by atoms with E-state index >= 15 is 0 Å². The summed E-state index contributed by atoms with van der Waals surface area (Å²) in [5.41, 5.74) is 0.977. The second-order valence-electron chi connectivity index (χ2n) is 6.45. The molecule has 4 rings (SSSR count). The van der Waals surface area contributed by atoms with Gasteiger partial charge in [0.15, 0.2) is 0 Å². The van der Waals surface area contributed by atoms with Crippen molar-refractivity contribution in [3.63, 3.8) is 0 Å². The molecule has 7 heteroatoms. The van der Waals surface area contributed by atoms with Crippen LogP contribution in [0.3, 0.4) is 0 Å². The molecule has 1 amide bonds. The number of rotatable bonds is 3. The molecule has 6 nitrogen and oxygen atoms in total. The van der Waals surface area contributed by atoms with Crippen LogP contribution >= 0.6 is 0 Å². The number of sulfone groups is 1. The third-order valence-electron chi connectivity index (χ3n) is 4.74. The molecule has 0 unspecified atom stereocenters. The fourth-order valence-corrected chi connectivity index (χ4v) is 4.16. The van der Waals surface area contributed by atoms with E-state index in [1.807, 2.05) is 0 Å². The van der Waals surface area contributed by atoms with E-state index in [-0.39, 0.29) is 17.0 Å². The van der Waals surface area contributed by atoms with Gasteiger partial charge in [-0.2, -0.15) is 0 Å². The van der Waals surface area contributed by atoms with Crippen molar-refractivity contribution >= 4 is 26.7 Å². The van der Waals surface area contributed by atoms with Crippen LogP contribution in [0, 0.1) is 0 Å². The quantitative estimate of drug-likeness (QED) is 0.887. The lowest BCUT2D eigenvalue weighted by molar-refractivity contribution is 0.0931. The van der Waals surface area contributed by atoms with Crippen molar-refractivity contribution in [1.29, 1.82) is 0 Å². The van der Waals surface area contributed by atoms with Gasteiger partial charge in [-0.1, -0.05) is 0 Å². The molecule has 1 aromatic carbocycles. The Labute approximate surface area is 134 Å². The van der Waals surface area contributed by atoms with Crippen molar-refractivity contribution in [2.45, 2.75) is 42.5 Å². The lowest BCUT2D eigenvalue weighted by Crippen LogP contribution is -2.42. The molecule has 3 heterocycles. The van der Waals surface area contributed by atoms with Crippen LogP contribution in [0.1, 0.15) is 29.6 Å². The molecule has 2 bridgehead atoms. The second kappa shape index (κ2) is 5.07. The topological polar surface area (TPSA) is 88.4 Å². The number of hydrogen-bond donors (Lipinski definition) is 2. The molecular weight excluding hydrogens is 316 g/mol.